The number of carboxylic acid groups (broad SMARTS) is 1. The van der Waals surface area contributed by atoms with E-state index in [4.69, 9.17) is 25.0 Å². The van der Waals surface area contributed by atoms with Crippen LogP contribution in [0.4, 0.5) is 4.79 Å². The van der Waals surface area contributed by atoms with E-state index in [2.05, 4.69) is 9.97 Å². The summed E-state index contributed by atoms with van der Waals surface area (Å²) in [7, 11) is 3.23. The first kappa shape index (κ1) is 22.0. The van der Waals surface area contributed by atoms with Gasteiger partial charge in [-0.3, -0.25) is 5.41 Å². The van der Waals surface area contributed by atoms with Crippen LogP contribution in [0, 0.1) is 11.3 Å². The summed E-state index contributed by atoms with van der Waals surface area (Å²) in [5.41, 5.74) is 1.40. The van der Waals surface area contributed by atoms with Gasteiger partial charge in [0.1, 0.15) is 17.0 Å². The Labute approximate surface area is 189 Å². The fourth-order valence-corrected chi connectivity index (χ4v) is 4.80. The van der Waals surface area contributed by atoms with Crippen LogP contribution in [-0.2, 0) is 6.54 Å². The number of amides is 1. The molecule has 0 atom stereocenters. The average molecular weight is 459 g/mol. The normalized spacial score (nSPS) is 14.6. The monoisotopic (exact) mass is 458 g/mol. The zero-order chi connectivity index (χ0) is 22.7. The summed E-state index contributed by atoms with van der Waals surface area (Å²) in [4.78, 5) is 25.6. The number of hydrogen-bond donors (Lipinski definition) is 3. The number of aromatic nitrogens is 4. The lowest BCUT2D eigenvalue weighted by atomic mass is 9.94. The second kappa shape index (κ2) is 9.51. The molecule has 0 unspecified atom stereocenters. The van der Waals surface area contributed by atoms with Crippen molar-refractivity contribution in [1.29, 1.82) is 5.41 Å². The number of H-pyrrole nitrogens is 1. The number of likely N-dealkylation sites (tertiary alicyclic amines) is 1. The molecule has 0 saturated carbocycles. The third kappa shape index (κ3) is 4.67. The quantitative estimate of drug-likeness (QED) is 0.496. The lowest BCUT2D eigenvalue weighted by Crippen LogP contribution is -2.37. The van der Waals surface area contributed by atoms with E-state index < -0.39 is 6.09 Å². The Hall–Kier alpha value is -3.21. The number of piperidine rings is 1. The number of benzene rings is 1. The maximum absolute atomic E-state index is 11.1. The van der Waals surface area contributed by atoms with Crippen LogP contribution in [0.3, 0.4) is 0 Å². The fourth-order valence-electron chi connectivity index (χ4n) is 3.88. The smallest absolute Gasteiger partial charge is 0.407 e. The summed E-state index contributed by atoms with van der Waals surface area (Å²) < 4.78 is 12.7. The molecule has 3 N–H and O–H groups in total. The second-order valence-corrected chi connectivity index (χ2v) is 8.68. The van der Waals surface area contributed by atoms with Gasteiger partial charge < -0.3 is 29.0 Å². The minimum Gasteiger partial charge on any atom is -0.497 e. The van der Waals surface area contributed by atoms with Gasteiger partial charge in [-0.15, -0.1) is 0 Å². The predicted molar refractivity (Wildman–Crippen MR) is 118 cm³/mol. The van der Waals surface area contributed by atoms with Crippen molar-refractivity contribution in [3.05, 3.63) is 30.0 Å². The summed E-state index contributed by atoms with van der Waals surface area (Å²) >= 11 is 1.40. The van der Waals surface area contributed by atoms with E-state index in [-0.39, 0.29) is 5.49 Å². The molecule has 3 aromatic rings. The van der Waals surface area contributed by atoms with E-state index >= 15 is 0 Å². The summed E-state index contributed by atoms with van der Waals surface area (Å²) in [5, 5.41) is 17.9. The van der Waals surface area contributed by atoms with E-state index in [0.717, 1.165) is 29.9 Å². The maximum Gasteiger partial charge on any atom is 0.407 e. The van der Waals surface area contributed by atoms with Gasteiger partial charge in [0, 0.05) is 19.6 Å². The highest BCUT2D eigenvalue weighted by Gasteiger charge is 2.22. The zero-order valence-corrected chi connectivity index (χ0v) is 18.8. The van der Waals surface area contributed by atoms with Gasteiger partial charge in [0.25, 0.3) is 0 Å². The van der Waals surface area contributed by atoms with Crippen LogP contribution in [0.1, 0.15) is 19.3 Å². The average Bonchev–Trinajstić information content (AvgIpc) is 3.23. The molecule has 32 heavy (non-hydrogen) atoms. The molecule has 0 radical (unpaired) electrons. The SMILES string of the molecule is COc1ccc(OC)c(Sc2nc3c([nH]2)c(=N)ncn3CCC2CCN(C(=O)O)CC2)c1. The number of nitrogens with zero attached hydrogens (tertiary/aromatic N) is 4. The molecule has 2 aromatic heterocycles. The standard InChI is InChI=1S/C21H26N6O4S/c1-30-14-3-4-15(31-2)16(11-14)32-20-24-17-18(22)23-12-27(19(17)25-20)10-7-13-5-8-26(9-6-13)21(28)29/h3-4,11-13,22H,5-10H2,1-2H3,(H,24,25)(H,28,29). The van der Waals surface area contributed by atoms with Gasteiger partial charge in [-0.05, 0) is 55.1 Å². The van der Waals surface area contributed by atoms with E-state index in [1.165, 1.54) is 16.7 Å². The highest BCUT2D eigenvalue weighted by molar-refractivity contribution is 7.99. The van der Waals surface area contributed by atoms with Gasteiger partial charge >= 0.3 is 6.09 Å². The van der Waals surface area contributed by atoms with E-state index in [0.29, 0.717) is 47.6 Å². The van der Waals surface area contributed by atoms with Crippen molar-refractivity contribution in [3.8, 4) is 11.5 Å². The molecule has 1 saturated heterocycles. The Morgan fingerprint density at radius 2 is 2.09 bits per heavy atom. The highest BCUT2D eigenvalue weighted by atomic mass is 32.2. The van der Waals surface area contributed by atoms with E-state index in [1.54, 1.807) is 20.5 Å². The van der Waals surface area contributed by atoms with Crippen LogP contribution < -0.4 is 15.0 Å². The maximum atomic E-state index is 11.1. The van der Waals surface area contributed by atoms with Crippen LogP contribution in [0.5, 0.6) is 11.5 Å². The fraction of sp³-hybridized carbons (Fsp3) is 0.429. The van der Waals surface area contributed by atoms with E-state index in [1.807, 2.05) is 22.8 Å². The van der Waals surface area contributed by atoms with Crippen LogP contribution in [-0.4, -0.2) is 62.9 Å². The number of fused-ring (bicyclic) bond motifs is 1. The van der Waals surface area contributed by atoms with Crippen LogP contribution >= 0.6 is 11.8 Å². The molecule has 1 fully saturated rings. The molecule has 1 aliphatic heterocycles. The molecule has 4 rings (SSSR count). The van der Waals surface area contributed by atoms with Crippen LogP contribution in [0.2, 0.25) is 0 Å². The molecule has 0 aliphatic carbocycles. The van der Waals surface area contributed by atoms with Crippen molar-refractivity contribution >= 4 is 29.0 Å². The van der Waals surface area contributed by atoms with Crippen LogP contribution in [0.15, 0.2) is 34.6 Å². The first-order valence-corrected chi connectivity index (χ1v) is 11.2. The summed E-state index contributed by atoms with van der Waals surface area (Å²) in [6.07, 6.45) is 3.43. The molecule has 1 amide bonds. The number of rotatable bonds is 7. The minimum atomic E-state index is -0.844. The molecule has 170 valence electrons. The predicted octanol–water partition coefficient (Wildman–Crippen LogP) is 3.19. The molecule has 0 bridgehead atoms. The third-order valence-electron chi connectivity index (χ3n) is 5.74. The minimum absolute atomic E-state index is 0.142. The van der Waals surface area contributed by atoms with Crippen LogP contribution in [0.25, 0.3) is 11.2 Å². The van der Waals surface area contributed by atoms with Gasteiger partial charge in [0.15, 0.2) is 16.3 Å². The number of methoxy groups -OCH3 is 2. The van der Waals surface area contributed by atoms with Crippen molar-refractivity contribution in [2.24, 2.45) is 5.92 Å². The first-order valence-electron chi connectivity index (χ1n) is 10.4. The summed E-state index contributed by atoms with van der Waals surface area (Å²) in [6.45, 7) is 1.87. The highest BCUT2D eigenvalue weighted by Crippen LogP contribution is 2.36. The third-order valence-corrected chi connectivity index (χ3v) is 6.66. The number of aryl methyl sites for hydroxylation is 1. The van der Waals surface area contributed by atoms with Gasteiger partial charge in [0.05, 0.1) is 25.4 Å². The summed E-state index contributed by atoms with van der Waals surface area (Å²) in [6, 6.07) is 5.56. The number of hydrogen-bond acceptors (Lipinski definition) is 7. The van der Waals surface area contributed by atoms with Crippen molar-refractivity contribution < 1.29 is 19.4 Å². The topological polar surface area (TPSA) is 129 Å². The molecule has 11 heteroatoms. The van der Waals surface area contributed by atoms with Crippen molar-refractivity contribution in [1.82, 2.24) is 24.4 Å². The van der Waals surface area contributed by atoms with Gasteiger partial charge in [0.2, 0.25) is 0 Å². The molecule has 0 spiro atoms. The number of ether oxygens (including phenoxy) is 2. The molecule has 10 nitrogen and oxygen atoms in total. The zero-order valence-electron chi connectivity index (χ0n) is 18.0. The number of aromatic amines is 1. The Morgan fingerprint density at radius 1 is 1.31 bits per heavy atom. The Morgan fingerprint density at radius 3 is 2.78 bits per heavy atom. The Kier molecular flexibility index (Phi) is 6.54. The van der Waals surface area contributed by atoms with E-state index in [9.17, 15) is 4.79 Å². The van der Waals surface area contributed by atoms with Gasteiger partial charge in [-0.1, -0.05) is 0 Å². The van der Waals surface area contributed by atoms with Gasteiger partial charge in [-0.2, -0.15) is 0 Å². The Bertz CT molecular complexity index is 1170. The summed E-state index contributed by atoms with van der Waals surface area (Å²) in [5.74, 6) is 1.88. The molecule has 1 aromatic carbocycles. The van der Waals surface area contributed by atoms with Gasteiger partial charge in [-0.25, -0.2) is 14.8 Å². The number of carbonyl (C=O) groups is 1. The lowest BCUT2D eigenvalue weighted by molar-refractivity contribution is 0.122. The number of imidazole rings is 1. The first-order chi connectivity index (χ1) is 15.5. The molecule has 3 heterocycles. The lowest BCUT2D eigenvalue weighted by Gasteiger charge is -2.30. The Balaban J connectivity index is 1.52. The largest absolute Gasteiger partial charge is 0.497 e. The van der Waals surface area contributed by atoms with Crippen molar-refractivity contribution in [2.75, 3.05) is 27.3 Å². The molecular weight excluding hydrogens is 432 g/mol. The van der Waals surface area contributed by atoms with Crippen molar-refractivity contribution in [2.45, 2.75) is 35.9 Å². The second-order valence-electron chi connectivity index (χ2n) is 7.65. The van der Waals surface area contributed by atoms with Crippen molar-refractivity contribution in [3.63, 3.8) is 0 Å². The molecule has 1 aliphatic rings. The molecular formula is C21H26N6O4S. The number of nitrogens with one attached hydrogen (secondary N) is 2.